The third kappa shape index (κ3) is 3.53. The van der Waals surface area contributed by atoms with Crippen LogP contribution in [0, 0.1) is 5.92 Å². The predicted molar refractivity (Wildman–Crippen MR) is 61.3 cm³/mol. The number of aliphatic hydroxyl groups is 1. The molecule has 0 bridgehead atoms. The first-order chi connectivity index (χ1) is 7.17. The maximum Gasteiger partial charge on any atom is 0.224 e. The van der Waals surface area contributed by atoms with Gasteiger partial charge in [0.05, 0.1) is 6.20 Å². The van der Waals surface area contributed by atoms with Crippen LogP contribution in [0.4, 0.5) is 11.8 Å². The van der Waals surface area contributed by atoms with E-state index in [9.17, 15) is 0 Å². The predicted octanol–water partition coefficient (Wildman–Crippen LogP) is 1.21. The molecule has 0 spiro atoms. The molecule has 1 aromatic rings. The van der Waals surface area contributed by atoms with Gasteiger partial charge in [-0.05, 0) is 5.92 Å². The van der Waals surface area contributed by atoms with Gasteiger partial charge in [-0.15, -0.1) is 0 Å². The molecule has 0 saturated heterocycles. The van der Waals surface area contributed by atoms with Gasteiger partial charge in [-0.1, -0.05) is 18.5 Å². The summed E-state index contributed by atoms with van der Waals surface area (Å²) >= 11 is 5.90. The lowest BCUT2D eigenvalue weighted by Gasteiger charge is -2.11. The summed E-state index contributed by atoms with van der Waals surface area (Å²) in [7, 11) is 1.74. The molecular weight excluding hydrogens is 216 g/mol. The monoisotopic (exact) mass is 230 g/mol. The van der Waals surface area contributed by atoms with Crippen LogP contribution in [0.2, 0.25) is 5.02 Å². The molecule has 0 aliphatic heterocycles. The van der Waals surface area contributed by atoms with Crippen LogP contribution in [0.15, 0.2) is 6.20 Å². The van der Waals surface area contributed by atoms with Gasteiger partial charge in [-0.3, -0.25) is 0 Å². The molecule has 1 aromatic heterocycles. The molecule has 0 aliphatic carbocycles. The molecule has 0 amide bonds. The van der Waals surface area contributed by atoms with Crippen LogP contribution in [-0.4, -0.2) is 35.3 Å². The van der Waals surface area contributed by atoms with E-state index >= 15 is 0 Å². The first-order valence-corrected chi connectivity index (χ1v) is 5.10. The molecule has 84 valence electrons. The molecule has 1 unspecified atom stereocenters. The molecule has 1 heterocycles. The van der Waals surface area contributed by atoms with Gasteiger partial charge < -0.3 is 15.7 Å². The molecule has 1 atom stereocenters. The largest absolute Gasteiger partial charge is 0.396 e. The van der Waals surface area contributed by atoms with Crippen LogP contribution in [0.3, 0.4) is 0 Å². The Bertz CT molecular complexity index is 321. The van der Waals surface area contributed by atoms with Gasteiger partial charge in [0.1, 0.15) is 10.8 Å². The Hall–Kier alpha value is -1.07. The number of nitrogens with one attached hydrogen (secondary N) is 2. The Morgan fingerprint density at radius 2 is 2.33 bits per heavy atom. The van der Waals surface area contributed by atoms with E-state index in [0.717, 1.165) is 0 Å². The van der Waals surface area contributed by atoms with Crippen LogP contribution in [-0.2, 0) is 0 Å². The van der Waals surface area contributed by atoms with Crippen molar-refractivity contribution in [1.29, 1.82) is 0 Å². The number of hydrogen-bond acceptors (Lipinski definition) is 5. The molecule has 0 saturated carbocycles. The van der Waals surface area contributed by atoms with E-state index in [1.165, 1.54) is 6.20 Å². The Balaban J connectivity index is 2.66. The summed E-state index contributed by atoms with van der Waals surface area (Å²) in [6, 6.07) is 0. The molecule has 5 nitrogen and oxygen atoms in total. The summed E-state index contributed by atoms with van der Waals surface area (Å²) in [5.74, 6) is 1.25. The van der Waals surface area contributed by atoms with Gasteiger partial charge >= 0.3 is 0 Å². The van der Waals surface area contributed by atoms with E-state index in [0.29, 0.717) is 23.3 Å². The highest BCUT2D eigenvalue weighted by molar-refractivity contribution is 6.32. The average Bonchev–Trinajstić information content (AvgIpc) is 2.27. The first-order valence-electron chi connectivity index (χ1n) is 4.72. The van der Waals surface area contributed by atoms with Gasteiger partial charge in [0, 0.05) is 20.2 Å². The van der Waals surface area contributed by atoms with Crippen LogP contribution in [0.25, 0.3) is 0 Å². The van der Waals surface area contributed by atoms with Gasteiger partial charge in [-0.2, -0.15) is 4.98 Å². The third-order valence-corrected chi connectivity index (χ3v) is 2.17. The normalized spacial score (nSPS) is 12.3. The van der Waals surface area contributed by atoms with E-state index in [-0.39, 0.29) is 12.5 Å². The van der Waals surface area contributed by atoms with Crippen molar-refractivity contribution >= 4 is 23.4 Å². The van der Waals surface area contributed by atoms with Crippen molar-refractivity contribution in [2.75, 3.05) is 30.8 Å². The fourth-order valence-electron chi connectivity index (χ4n) is 0.947. The van der Waals surface area contributed by atoms with Crippen LogP contribution >= 0.6 is 11.6 Å². The van der Waals surface area contributed by atoms with Crippen LogP contribution in [0.5, 0.6) is 0 Å². The smallest absolute Gasteiger partial charge is 0.224 e. The van der Waals surface area contributed by atoms with E-state index in [1.807, 2.05) is 6.92 Å². The van der Waals surface area contributed by atoms with Crippen molar-refractivity contribution in [2.45, 2.75) is 6.92 Å². The summed E-state index contributed by atoms with van der Waals surface area (Å²) in [5.41, 5.74) is 0. The van der Waals surface area contributed by atoms with Gasteiger partial charge in [0.25, 0.3) is 0 Å². The van der Waals surface area contributed by atoms with Gasteiger partial charge in [0.15, 0.2) is 0 Å². The van der Waals surface area contributed by atoms with E-state index < -0.39 is 0 Å². The molecule has 1 rings (SSSR count). The SMILES string of the molecule is CNc1ncc(Cl)c(NCC(C)CO)n1. The minimum atomic E-state index is 0.134. The highest BCUT2D eigenvalue weighted by atomic mass is 35.5. The Morgan fingerprint density at radius 3 is 2.93 bits per heavy atom. The summed E-state index contributed by atoms with van der Waals surface area (Å²) in [6.45, 7) is 2.69. The minimum Gasteiger partial charge on any atom is -0.396 e. The number of aliphatic hydroxyl groups excluding tert-OH is 1. The average molecular weight is 231 g/mol. The topological polar surface area (TPSA) is 70.1 Å². The Morgan fingerprint density at radius 1 is 1.60 bits per heavy atom. The van der Waals surface area contributed by atoms with Crippen molar-refractivity contribution in [3.8, 4) is 0 Å². The highest BCUT2D eigenvalue weighted by Crippen LogP contribution is 2.19. The highest BCUT2D eigenvalue weighted by Gasteiger charge is 2.06. The van der Waals surface area contributed by atoms with E-state index in [2.05, 4.69) is 20.6 Å². The molecule has 0 radical (unpaired) electrons. The maximum absolute atomic E-state index is 8.86. The summed E-state index contributed by atoms with van der Waals surface area (Å²) in [5, 5.41) is 15.2. The molecule has 0 aliphatic rings. The second kappa shape index (κ2) is 5.72. The lowest BCUT2D eigenvalue weighted by molar-refractivity contribution is 0.244. The minimum absolute atomic E-state index is 0.134. The zero-order valence-corrected chi connectivity index (χ0v) is 9.54. The summed E-state index contributed by atoms with van der Waals surface area (Å²) in [6.07, 6.45) is 1.53. The number of nitrogens with zero attached hydrogens (tertiary/aromatic N) is 2. The van der Waals surface area contributed by atoms with Gasteiger partial charge in [-0.25, -0.2) is 4.98 Å². The molecular formula is C9H15ClN4O. The number of aromatic nitrogens is 2. The van der Waals surface area contributed by atoms with Crippen LogP contribution in [0.1, 0.15) is 6.92 Å². The number of hydrogen-bond donors (Lipinski definition) is 3. The molecule has 6 heteroatoms. The zero-order valence-electron chi connectivity index (χ0n) is 8.79. The Kier molecular flexibility index (Phi) is 4.58. The molecule has 0 aromatic carbocycles. The van der Waals surface area contributed by atoms with Crippen molar-refractivity contribution in [3.63, 3.8) is 0 Å². The summed E-state index contributed by atoms with van der Waals surface area (Å²) < 4.78 is 0. The fraction of sp³-hybridized carbons (Fsp3) is 0.556. The number of rotatable bonds is 5. The summed E-state index contributed by atoms with van der Waals surface area (Å²) in [4.78, 5) is 8.11. The van der Waals surface area contributed by atoms with Crippen molar-refractivity contribution in [2.24, 2.45) is 5.92 Å². The maximum atomic E-state index is 8.86. The molecule has 15 heavy (non-hydrogen) atoms. The standard InChI is InChI=1S/C9H15ClN4O/c1-6(5-15)3-12-8-7(10)4-13-9(11-2)14-8/h4,6,15H,3,5H2,1-2H3,(H2,11,12,13,14). The number of halogens is 1. The Labute approximate surface area is 93.9 Å². The van der Waals surface area contributed by atoms with Crippen molar-refractivity contribution in [3.05, 3.63) is 11.2 Å². The van der Waals surface area contributed by atoms with E-state index in [1.54, 1.807) is 7.05 Å². The first kappa shape index (κ1) is 12.0. The zero-order chi connectivity index (χ0) is 11.3. The second-order valence-electron chi connectivity index (χ2n) is 3.31. The quantitative estimate of drug-likeness (QED) is 0.710. The lowest BCUT2D eigenvalue weighted by atomic mass is 10.2. The van der Waals surface area contributed by atoms with E-state index in [4.69, 9.17) is 16.7 Å². The van der Waals surface area contributed by atoms with Gasteiger partial charge in [0.2, 0.25) is 5.95 Å². The second-order valence-corrected chi connectivity index (χ2v) is 3.72. The number of anilines is 2. The molecule has 3 N–H and O–H groups in total. The third-order valence-electron chi connectivity index (χ3n) is 1.90. The fourth-order valence-corrected chi connectivity index (χ4v) is 1.10. The van der Waals surface area contributed by atoms with Crippen LogP contribution < -0.4 is 10.6 Å². The molecule has 0 fully saturated rings. The van der Waals surface area contributed by atoms with Crippen molar-refractivity contribution in [1.82, 2.24) is 9.97 Å². The lowest BCUT2D eigenvalue weighted by Crippen LogP contribution is -2.15. The van der Waals surface area contributed by atoms with Crippen molar-refractivity contribution < 1.29 is 5.11 Å².